The second-order valence-electron chi connectivity index (χ2n) is 5.87. The number of hydrogen-bond donors (Lipinski definition) is 1. The molecular weight excluding hydrogens is 280 g/mol. The van der Waals surface area contributed by atoms with Crippen molar-refractivity contribution in [3.63, 3.8) is 0 Å². The van der Waals surface area contributed by atoms with Gasteiger partial charge < -0.3 is 10.5 Å². The molecule has 0 aliphatic carbocycles. The van der Waals surface area contributed by atoms with Crippen LogP contribution in [0.2, 0.25) is 0 Å². The van der Waals surface area contributed by atoms with Gasteiger partial charge in [-0.05, 0) is 54.2 Å². The van der Waals surface area contributed by atoms with Gasteiger partial charge in [-0.25, -0.2) is 0 Å². The highest BCUT2D eigenvalue weighted by Gasteiger charge is 2.26. The van der Waals surface area contributed by atoms with E-state index in [-0.39, 0.29) is 0 Å². The van der Waals surface area contributed by atoms with Crippen LogP contribution in [0.1, 0.15) is 24.4 Å². The first kappa shape index (κ1) is 15.0. The first-order chi connectivity index (χ1) is 10.3. The maximum absolute atomic E-state index is 6.12. The van der Waals surface area contributed by atoms with Crippen LogP contribution in [-0.4, -0.2) is 38.3 Å². The second kappa shape index (κ2) is 6.88. The highest BCUT2D eigenvalue weighted by atomic mass is 32.1. The van der Waals surface area contributed by atoms with Crippen molar-refractivity contribution in [1.29, 1.82) is 0 Å². The summed E-state index contributed by atoms with van der Waals surface area (Å²) in [6, 6.07) is 9.00. The summed E-state index contributed by atoms with van der Waals surface area (Å²) in [6.45, 7) is 3.83. The fourth-order valence-electron chi connectivity index (χ4n) is 3.40. The van der Waals surface area contributed by atoms with E-state index < -0.39 is 0 Å². The number of nitrogens with two attached hydrogens (primary N) is 1. The van der Waals surface area contributed by atoms with Crippen LogP contribution in [0.15, 0.2) is 29.6 Å². The van der Waals surface area contributed by atoms with Crippen molar-refractivity contribution >= 4 is 21.4 Å². The number of hydrogen-bond acceptors (Lipinski definition) is 4. The molecule has 0 radical (unpaired) electrons. The van der Waals surface area contributed by atoms with Crippen LogP contribution in [0.3, 0.4) is 0 Å². The molecule has 114 valence electrons. The Morgan fingerprint density at radius 3 is 2.81 bits per heavy atom. The molecular formula is C17H24N2OS. The van der Waals surface area contributed by atoms with E-state index in [0.29, 0.717) is 18.5 Å². The maximum Gasteiger partial charge on any atom is 0.0491 e. The Hall–Kier alpha value is -0.940. The molecule has 21 heavy (non-hydrogen) atoms. The third kappa shape index (κ3) is 3.14. The molecule has 1 fully saturated rings. The van der Waals surface area contributed by atoms with E-state index in [0.717, 1.165) is 19.7 Å². The summed E-state index contributed by atoms with van der Waals surface area (Å²) in [5.74, 6) is 0.712. The molecule has 1 aliphatic rings. The Morgan fingerprint density at radius 2 is 2.10 bits per heavy atom. The lowest BCUT2D eigenvalue weighted by Crippen LogP contribution is -2.40. The summed E-state index contributed by atoms with van der Waals surface area (Å²) >= 11 is 1.83. The molecule has 0 saturated carbocycles. The van der Waals surface area contributed by atoms with Crippen LogP contribution >= 0.6 is 11.3 Å². The lowest BCUT2D eigenvalue weighted by atomic mass is 9.94. The Bertz CT molecular complexity index is 575. The summed E-state index contributed by atoms with van der Waals surface area (Å²) in [4.78, 5) is 2.56. The molecule has 1 atom stereocenters. The van der Waals surface area contributed by atoms with E-state index >= 15 is 0 Å². The molecule has 1 aromatic heterocycles. The molecule has 3 rings (SSSR count). The van der Waals surface area contributed by atoms with E-state index in [1.165, 1.54) is 28.5 Å². The van der Waals surface area contributed by atoms with Crippen molar-refractivity contribution in [2.45, 2.75) is 18.9 Å². The molecule has 2 N–H and O–H groups in total. The third-order valence-electron chi connectivity index (χ3n) is 4.59. The van der Waals surface area contributed by atoms with Gasteiger partial charge in [-0.15, -0.1) is 11.3 Å². The Kier molecular flexibility index (Phi) is 4.91. The van der Waals surface area contributed by atoms with Crippen molar-refractivity contribution in [2.24, 2.45) is 11.7 Å². The van der Waals surface area contributed by atoms with Crippen LogP contribution in [0.4, 0.5) is 0 Å². The quantitative estimate of drug-likeness (QED) is 0.921. The van der Waals surface area contributed by atoms with Crippen molar-refractivity contribution < 1.29 is 4.74 Å². The van der Waals surface area contributed by atoms with Crippen molar-refractivity contribution in [2.75, 3.05) is 33.4 Å². The van der Waals surface area contributed by atoms with Crippen LogP contribution < -0.4 is 5.73 Å². The average molecular weight is 304 g/mol. The van der Waals surface area contributed by atoms with Crippen LogP contribution in [0.5, 0.6) is 0 Å². The predicted molar refractivity (Wildman–Crippen MR) is 89.8 cm³/mol. The average Bonchev–Trinajstić information content (AvgIpc) is 2.94. The van der Waals surface area contributed by atoms with Crippen LogP contribution in [-0.2, 0) is 4.74 Å². The molecule has 1 aliphatic heterocycles. The largest absolute Gasteiger partial charge is 0.384 e. The van der Waals surface area contributed by atoms with E-state index in [4.69, 9.17) is 10.5 Å². The number of piperidine rings is 1. The molecule has 1 unspecified atom stereocenters. The standard InChI is InChI=1S/C17H24N2OS/c1-20-11-13-6-8-19(9-7-13)16(10-18)15-12-21-17-5-3-2-4-14(15)17/h2-5,12-13,16H,6-11,18H2,1H3. The smallest absolute Gasteiger partial charge is 0.0491 e. The highest BCUT2D eigenvalue weighted by molar-refractivity contribution is 7.17. The number of methoxy groups -OCH3 is 1. The van der Waals surface area contributed by atoms with Gasteiger partial charge in [0.1, 0.15) is 0 Å². The molecule has 1 saturated heterocycles. The second-order valence-corrected chi connectivity index (χ2v) is 6.78. The fraction of sp³-hybridized carbons (Fsp3) is 0.529. The van der Waals surface area contributed by atoms with Crippen LogP contribution in [0, 0.1) is 5.92 Å². The zero-order valence-corrected chi connectivity index (χ0v) is 13.4. The number of thiophene rings is 1. The molecule has 2 aromatic rings. The summed E-state index contributed by atoms with van der Waals surface area (Å²) in [7, 11) is 1.80. The number of rotatable bonds is 5. The normalized spacial score (nSPS) is 19.1. The number of likely N-dealkylation sites (tertiary alicyclic amines) is 1. The summed E-state index contributed by atoms with van der Waals surface area (Å²) in [6.07, 6.45) is 2.43. The molecule has 1 aromatic carbocycles. The van der Waals surface area contributed by atoms with E-state index in [1.54, 1.807) is 7.11 Å². The number of nitrogens with zero attached hydrogens (tertiary/aromatic N) is 1. The van der Waals surface area contributed by atoms with Gasteiger partial charge in [-0.2, -0.15) is 0 Å². The van der Waals surface area contributed by atoms with Gasteiger partial charge in [0.2, 0.25) is 0 Å². The number of fused-ring (bicyclic) bond motifs is 1. The number of benzene rings is 1. The monoisotopic (exact) mass is 304 g/mol. The van der Waals surface area contributed by atoms with Gasteiger partial charge in [-0.1, -0.05) is 18.2 Å². The summed E-state index contributed by atoms with van der Waals surface area (Å²) in [5, 5.41) is 3.67. The summed E-state index contributed by atoms with van der Waals surface area (Å²) in [5.41, 5.74) is 7.52. The zero-order chi connectivity index (χ0) is 14.7. The SMILES string of the molecule is COCC1CCN(C(CN)c2csc3ccccc23)CC1. The third-order valence-corrected chi connectivity index (χ3v) is 5.57. The maximum atomic E-state index is 6.12. The number of ether oxygens (including phenoxy) is 1. The molecule has 0 amide bonds. The Morgan fingerprint density at radius 1 is 1.33 bits per heavy atom. The fourth-order valence-corrected chi connectivity index (χ4v) is 4.40. The first-order valence-corrected chi connectivity index (χ1v) is 8.60. The predicted octanol–water partition coefficient (Wildman–Crippen LogP) is 3.26. The van der Waals surface area contributed by atoms with Gasteiger partial charge in [0.15, 0.2) is 0 Å². The van der Waals surface area contributed by atoms with Crippen LogP contribution in [0.25, 0.3) is 10.1 Å². The molecule has 0 bridgehead atoms. The van der Waals surface area contributed by atoms with E-state index in [9.17, 15) is 0 Å². The lowest BCUT2D eigenvalue weighted by molar-refractivity contribution is 0.0814. The van der Waals surface area contributed by atoms with Gasteiger partial charge in [0.25, 0.3) is 0 Å². The van der Waals surface area contributed by atoms with Crippen molar-refractivity contribution in [3.8, 4) is 0 Å². The lowest BCUT2D eigenvalue weighted by Gasteiger charge is -2.37. The van der Waals surface area contributed by atoms with Gasteiger partial charge in [-0.3, -0.25) is 4.90 Å². The Labute approximate surface area is 130 Å². The first-order valence-electron chi connectivity index (χ1n) is 7.72. The minimum Gasteiger partial charge on any atom is -0.384 e. The molecule has 4 heteroatoms. The van der Waals surface area contributed by atoms with Crippen molar-refractivity contribution in [1.82, 2.24) is 4.90 Å². The Balaban J connectivity index is 1.76. The molecule has 0 spiro atoms. The van der Waals surface area contributed by atoms with E-state index in [1.807, 2.05) is 11.3 Å². The van der Waals surface area contributed by atoms with E-state index in [2.05, 4.69) is 34.5 Å². The molecule has 2 heterocycles. The topological polar surface area (TPSA) is 38.5 Å². The van der Waals surface area contributed by atoms with Gasteiger partial charge in [0.05, 0.1) is 0 Å². The minimum absolute atomic E-state index is 0.352. The van der Waals surface area contributed by atoms with Crippen molar-refractivity contribution in [3.05, 3.63) is 35.2 Å². The van der Waals surface area contributed by atoms with Gasteiger partial charge in [0, 0.05) is 31.0 Å². The zero-order valence-electron chi connectivity index (χ0n) is 12.6. The molecule has 3 nitrogen and oxygen atoms in total. The minimum atomic E-state index is 0.352. The summed E-state index contributed by atoms with van der Waals surface area (Å²) < 4.78 is 6.65. The highest BCUT2D eigenvalue weighted by Crippen LogP contribution is 2.34. The van der Waals surface area contributed by atoms with Gasteiger partial charge >= 0.3 is 0 Å².